The van der Waals surface area contributed by atoms with Crippen molar-refractivity contribution >= 4 is 16.0 Å². The molecule has 106 valence electrons. The Bertz CT molecular complexity index is 550. The van der Waals surface area contributed by atoms with Crippen LogP contribution in [0.25, 0.3) is 0 Å². The summed E-state index contributed by atoms with van der Waals surface area (Å²) in [6.07, 6.45) is 2.62. The Hall–Kier alpha value is -1.67. The van der Waals surface area contributed by atoms with E-state index in [9.17, 15) is 13.2 Å². The molecule has 0 aliphatic rings. The summed E-state index contributed by atoms with van der Waals surface area (Å²) in [7, 11) is -3.80. The highest BCUT2D eigenvalue weighted by atomic mass is 32.2. The molecular weight excluding hydrogens is 270 g/mol. The molecule has 1 aromatic heterocycles. The number of hydrogen-bond acceptors (Lipinski definition) is 5. The smallest absolute Gasteiger partial charge is 0.321 e. The minimum Gasteiger partial charge on any atom is -0.465 e. The summed E-state index contributed by atoms with van der Waals surface area (Å²) in [6, 6.07) is 0. The van der Waals surface area contributed by atoms with Gasteiger partial charge < -0.3 is 4.74 Å². The molecule has 0 aliphatic carbocycles. The van der Waals surface area contributed by atoms with Crippen molar-refractivity contribution in [3.8, 4) is 0 Å². The van der Waals surface area contributed by atoms with Crippen molar-refractivity contribution in [3.63, 3.8) is 0 Å². The van der Waals surface area contributed by atoms with Crippen LogP contribution in [0.15, 0.2) is 23.7 Å². The first-order chi connectivity index (χ1) is 8.93. The Morgan fingerprint density at radius 1 is 1.63 bits per heavy atom. The van der Waals surface area contributed by atoms with Gasteiger partial charge in [0.2, 0.25) is 10.0 Å². The second-order valence-corrected chi connectivity index (χ2v) is 5.66. The largest absolute Gasteiger partial charge is 0.465 e. The van der Waals surface area contributed by atoms with Crippen LogP contribution in [0.3, 0.4) is 0 Å². The molecule has 0 fully saturated rings. The maximum atomic E-state index is 12.4. The highest BCUT2D eigenvalue weighted by molar-refractivity contribution is 7.89. The van der Waals surface area contributed by atoms with Crippen molar-refractivity contribution in [1.82, 2.24) is 14.5 Å². The van der Waals surface area contributed by atoms with Crippen LogP contribution in [0.4, 0.5) is 0 Å². The molecule has 0 saturated carbocycles. The zero-order valence-electron chi connectivity index (χ0n) is 10.9. The number of nitrogens with one attached hydrogen (secondary N) is 1. The molecule has 8 heteroatoms. The van der Waals surface area contributed by atoms with Gasteiger partial charge in [-0.3, -0.25) is 9.89 Å². The minimum absolute atomic E-state index is 0.0196. The molecule has 0 aromatic carbocycles. The first-order valence-corrected chi connectivity index (χ1v) is 7.14. The first-order valence-electron chi connectivity index (χ1n) is 5.70. The van der Waals surface area contributed by atoms with E-state index in [1.54, 1.807) is 13.8 Å². The number of aromatic amines is 1. The van der Waals surface area contributed by atoms with Crippen LogP contribution in [0.2, 0.25) is 0 Å². The van der Waals surface area contributed by atoms with E-state index < -0.39 is 16.0 Å². The van der Waals surface area contributed by atoms with Crippen LogP contribution in [-0.4, -0.2) is 48.6 Å². The number of ether oxygens (including phenoxy) is 1. The summed E-state index contributed by atoms with van der Waals surface area (Å²) in [5, 5.41) is 6.23. The molecule has 19 heavy (non-hydrogen) atoms. The fourth-order valence-corrected chi connectivity index (χ4v) is 2.95. The Kier molecular flexibility index (Phi) is 5.25. The van der Waals surface area contributed by atoms with E-state index in [2.05, 4.69) is 16.8 Å². The summed E-state index contributed by atoms with van der Waals surface area (Å²) < 4.78 is 30.5. The number of carbonyl (C=O) groups excluding carboxylic acids is 1. The zero-order chi connectivity index (χ0) is 14.5. The van der Waals surface area contributed by atoms with E-state index in [1.807, 2.05) is 0 Å². The lowest BCUT2D eigenvalue weighted by Gasteiger charge is -2.19. The number of esters is 1. The number of aromatic nitrogens is 2. The van der Waals surface area contributed by atoms with E-state index >= 15 is 0 Å². The number of H-pyrrole nitrogens is 1. The molecule has 1 aromatic rings. The van der Waals surface area contributed by atoms with Gasteiger partial charge in [-0.2, -0.15) is 9.40 Å². The molecule has 0 aliphatic heterocycles. The molecule has 1 heterocycles. The zero-order valence-corrected chi connectivity index (χ0v) is 11.7. The van der Waals surface area contributed by atoms with Gasteiger partial charge in [-0.05, 0) is 13.8 Å². The van der Waals surface area contributed by atoms with Crippen molar-refractivity contribution in [2.24, 2.45) is 0 Å². The van der Waals surface area contributed by atoms with Gasteiger partial charge in [0, 0.05) is 6.54 Å². The van der Waals surface area contributed by atoms with Crippen LogP contribution in [0.5, 0.6) is 0 Å². The molecule has 0 saturated heterocycles. The van der Waals surface area contributed by atoms with Crippen LogP contribution < -0.4 is 0 Å². The lowest BCUT2D eigenvalue weighted by molar-refractivity contribution is -0.143. The van der Waals surface area contributed by atoms with E-state index in [4.69, 9.17) is 4.74 Å². The average molecular weight is 287 g/mol. The summed E-state index contributed by atoms with van der Waals surface area (Å²) in [5.41, 5.74) is 0.415. The Morgan fingerprint density at radius 3 is 2.79 bits per heavy atom. The highest BCUT2D eigenvalue weighted by Crippen LogP contribution is 2.17. The van der Waals surface area contributed by atoms with Crippen molar-refractivity contribution in [3.05, 3.63) is 24.5 Å². The van der Waals surface area contributed by atoms with Crippen LogP contribution in [0.1, 0.15) is 12.6 Å². The second-order valence-electron chi connectivity index (χ2n) is 3.75. The molecule has 0 atom stereocenters. The standard InChI is InChI=1S/C11H17N3O4S/c1-4-6-14(8-11(15)18-5-2)19(16,17)10-7-12-13-9(10)3/h4,7H,1,5-6,8H2,2-3H3,(H,12,13). The van der Waals surface area contributed by atoms with E-state index in [1.165, 1.54) is 12.3 Å². The Morgan fingerprint density at radius 2 is 2.32 bits per heavy atom. The third-order valence-corrected chi connectivity index (χ3v) is 4.27. The van der Waals surface area contributed by atoms with Crippen molar-refractivity contribution in [2.45, 2.75) is 18.7 Å². The normalized spacial score (nSPS) is 11.5. The molecule has 7 nitrogen and oxygen atoms in total. The number of carbonyl (C=O) groups is 1. The van der Waals surface area contributed by atoms with Gasteiger partial charge in [-0.15, -0.1) is 6.58 Å². The van der Waals surface area contributed by atoms with E-state index in [0.29, 0.717) is 5.69 Å². The molecule has 0 unspecified atom stereocenters. The number of nitrogens with zero attached hydrogens (tertiary/aromatic N) is 2. The van der Waals surface area contributed by atoms with Gasteiger partial charge in [0.05, 0.1) is 18.5 Å². The monoisotopic (exact) mass is 287 g/mol. The highest BCUT2D eigenvalue weighted by Gasteiger charge is 2.28. The van der Waals surface area contributed by atoms with Crippen LogP contribution in [0, 0.1) is 6.92 Å². The van der Waals surface area contributed by atoms with Gasteiger partial charge in [-0.1, -0.05) is 6.08 Å². The van der Waals surface area contributed by atoms with Crippen molar-refractivity contribution in [2.75, 3.05) is 19.7 Å². The van der Waals surface area contributed by atoms with Gasteiger partial charge in [-0.25, -0.2) is 8.42 Å². The number of hydrogen-bond donors (Lipinski definition) is 1. The third kappa shape index (κ3) is 3.65. The van der Waals surface area contributed by atoms with Crippen molar-refractivity contribution < 1.29 is 17.9 Å². The average Bonchev–Trinajstić information content (AvgIpc) is 2.76. The second kappa shape index (κ2) is 6.48. The summed E-state index contributed by atoms with van der Waals surface area (Å²) >= 11 is 0. The van der Waals surface area contributed by atoms with Gasteiger partial charge in [0.15, 0.2) is 0 Å². The fourth-order valence-electron chi connectivity index (χ4n) is 1.48. The van der Waals surface area contributed by atoms with Crippen molar-refractivity contribution in [1.29, 1.82) is 0 Å². The molecule has 0 amide bonds. The number of sulfonamides is 1. The SMILES string of the molecule is C=CCN(CC(=O)OCC)S(=O)(=O)c1cn[nH]c1C. The van der Waals surface area contributed by atoms with Gasteiger partial charge >= 0.3 is 5.97 Å². The summed E-state index contributed by atoms with van der Waals surface area (Å²) in [6.45, 7) is 6.61. The third-order valence-electron chi connectivity index (χ3n) is 2.34. The molecular formula is C11H17N3O4S. The quantitative estimate of drug-likeness (QED) is 0.581. The molecule has 0 radical (unpaired) electrons. The number of rotatable bonds is 7. The first kappa shape index (κ1) is 15.4. The predicted octanol–water partition coefficient (Wildman–Crippen LogP) is 0.458. The minimum atomic E-state index is -3.80. The molecule has 1 N–H and O–H groups in total. The predicted molar refractivity (Wildman–Crippen MR) is 68.9 cm³/mol. The van der Waals surface area contributed by atoms with Gasteiger partial charge in [0.1, 0.15) is 11.4 Å². The molecule has 1 rings (SSSR count). The van der Waals surface area contributed by atoms with Gasteiger partial charge in [0.25, 0.3) is 0 Å². The fraction of sp³-hybridized carbons (Fsp3) is 0.455. The summed E-state index contributed by atoms with van der Waals surface area (Å²) in [5.74, 6) is -0.603. The van der Waals surface area contributed by atoms with E-state index in [-0.39, 0.29) is 24.6 Å². The topological polar surface area (TPSA) is 92.4 Å². The maximum Gasteiger partial charge on any atom is 0.321 e. The van der Waals surface area contributed by atoms with E-state index in [0.717, 1.165) is 4.31 Å². The molecule has 0 bridgehead atoms. The summed E-state index contributed by atoms with van der Waals surface area (Å²) in [4.78, 5) is 11.5. The lowest BCUT2D eigenvalue weighted by atomic mass is 10.5. The molecule has 0 spiro atoms. The maximum absolute atomic E-state index is 12.4. The lowest BCUT2D eigenvalue weighted by Crippen LogP contribution is -2.36. The van der Waals surface area contributed by atoms with Crippen LogP contribution >= 0.6 is 0 Å². The van der Waals surface area contributed by atoms with Crippen LogP contribution in [-0.2, 0) is 19.6 Å². The number of aryl methyl sites for hydroxylation is 1. The Balaban J connectivity index is 3.01. The Labute approximate surface area is 112 Å².